The van der Waals surface area contributed by atoms with Gasteiger partial charge in [0, 0.05) is 29.0 Å². The fourth-order valence-electron chi connectivity index (χ4n) is 3.02. The summed E-state index contributed by atoms with van der Waals surface area (Å²) in [5.74, 6) is 0. The normalized spacial score (nSPS) is 12.2. The van der Waals surface area contributed by atoms with Gasteiger partial charge >= 0.3 is 0 Å². The molecule has 0 spiro atoms. The number of imidazole rings is 1. The Kier molecular flexibility index (Phi) is 7.76. The maximum atomic E-state index is 6.25. The monoisotopic (exact) mass is 402 g/mol. The number of hydrogen-bond donors (Lipinski definition) is 0. The Labute approximate surface area is 170 Å². The van der Waals surface area contributed by atoms with Gasteiger partial charge in [-0.25, -0.2) is 4.98 Å². The molecule has 5 heteroatoms. The highest BCUT2D eigenvalue weighted by Crippen LogP contribution is 2.27. The summed E-state index contributed by atoms with van der Waals surface area (Å²) in [7, 11) is 0. The minimum absolute atomic E-state index is 0.0613. The van der Waals surface area contributed by atoms with Crippen molar-refractivity contribution in [3.63, 3.8) is 0 Å². The molecule has 1 aromatic heterocycles. The lowest BCUT2D eigenvalue weighted by Crippen LogP contribution is -2.05. The number of hydrogen-bond acceptors (Lipinski definition) is 2. The van der Waals surface area contributed by atoms with Gasteiger partial charge in [0.25, 0.3) is 0 Å². The van der Waals surface area contributed by atoms with Crippen molar-refractivity contribution in [1.29, 1.82) is 0 Å². The molecule has 3 nitrogen and oxygen atoms in total. The highest BCUT2D eigenvalue weighted by atomic mass is 35.5. The Morgan fingerprint density at radius 2 is 1.59 bits per heavy atom. The molecule has 0 bridgehead atoms. The lowest BCUT2D eigenvalue weighted by molar-refractivity contribution is 0.0321. The third kappa shape index (κ3) is 6.69. The van der Waals surface area contributed by atoms with Crippen molar-refractivity contribution in [3.8, 4) is 0 Å². The number of aryl methyl sites for hydroxylation is 1. The lowest BCUT2D eigenvalue weighted by Gasteiger charge is -2.19. The summed E-state index contributed by atoms with van der Waals surface area (Å²) in [6, 6.07) is 15.8. The average molecular weight is 403 g/mol. The van der Waals surface area contributed by atoms with E-state index in [0.29, 0.717) is 6.61 Å². The molecule has 27 heavy (non-hydrogen) atoms. The fraction of sp³-hybridized carbons (Fsp3) is 0.318. The summed E-state index contributed by atoms with van der Waals surface area (Å²) in [6.45, 7) is 1.58. The third-order valence-corrected chi connectivity index (χ3v) is 5.05. The predicted octanol–water partition coefficient (Wildman–Crippen LogP) is 6.71. The van der Waals surface area contributed by atoms with Crippen LogP contribution in [0.5, 0.6) is 0 Å². The van der Waals surface area contributed by atoms with Crippen LogP contribution in [0.15, 0.2) is 67.3 Å². The van der Waals surface area contributed by atoms with E-state index in [1.54, 1.807) is 0 Å². The average Bonchev–Trinajstić information content (AvgIpc) is 3.20. The zero-order valence-corrected chi connectivity index (χ0v) is 16.7. The van der Waals surface area contributed by atoms with Crippen LogP contribution in [0.4, 0.5) is 0 Å². The van der Waals surface area contributed by atoms with Gasteiger partial charge in [-0.15, -0.1) is 0 Å². The quantitative estimate of drug-likeness (QED) is 0.352. The summed E-state index contributed by atoms with van der Waals surface area (Å²) in [5.41, 5.74) is 2.29. The van der Waals surface area contributed by atoms with Crippen molar-refractivity contribution in [1.82, 2.24) is 9.55 Å². The molecule has 0 aliphatic carbocycles. The van der Waals surface area contributed by atoms with Gasteiger partial charge in [-0.1, -0.05) is 60.3 Å². The van der Waals surface area contributed by atoms with Gasteiger partial charge in [0.2, 0.25) is 0 Å². The molecule has 3 rings (SSSR count). The molecule has 0 fully saturated rings. The first-order valence-electron chi connectivity index (χ1n) is 9.28. The largest absolute Gasteiger partial charge is 0.369 e. The summed E-state index contributed by atoms with van der Waals surface area (Å²) in [5, 5.41) is 1.49. The van der Waals surface area contributed by atoms with Gasteiger partial charge in [0.05, 0.1) is 19.0 Å². The molecule has 1 atom stereocenters. The first kappa shape index (κ1) is 19.9. The summed E-state index contributed by atoms with van der Waals surface area (Å²) in [6.07, 6.45) is 10.2. The maximum absolute atomic E-state index is 6.25. The van der Waals surface area contributed by atoms with Gasteiger partial charge in [-0.05, 0) is 48.2 Å². The summed E-state index contributed by atoms with van der Waals surface area (Å²) in [4.78, 5) is 4.08. The second-order valence-electron chi connectivity index (χ2n) is 6.63. The molecule has 0 amide bonds. The van der Waals surface area contributed by atoms with Gasteiger partial charge in [0.1, 0.15) is 0 Å². The maximum Gasteiger partial charge on any atom is 0.0945 e. The van der Waals surface area contributed by atoms with Crippen LogP contribution in [-0.4, -0.2) is 9.55 Å². The van der Waals surface area contributed by atoms with Crippen LogP contribution in [0.2, 0.25) is 10.0 Å². The van der Waals surface area contributed by atoms with E-state index in [0.717, 1.165) is 47.8 Å². The van der Waals surface area contributed by atoms with E-state index in [1.165, 1.54) is 5.56 Å². The second-order valence-corrected chi connectivity index (χ2v) is 7.50. The number of benzene rings is 2. The number of nitrogens with zero attached hydrogens (tertiary/aromatic N) is 2. The van der Waals surface area contributed by atoms with Crippen molar-refractivity contribution in [2.45, 2.75) is 44.9 Å². The van der Waals surface area contributed by atoms with E-state index in [1.807, 2.05) is 55.1 Å². The van der Waals surface area contributed by atoms with Crippen LogP contribution in [-0.2, 0) is 17.9 Å². The molecular formula is C22H24Cl2N2O. The fourth-order valence-corrected chi connectivity index (χ4v) is 3.27. The minimum atomic E-state index is 0.0613. The first-order valence-corrected chi connectivity index (χ1v) is 10.0. The van der Waals surface area contributed by atoms with E-state index >= 15 is 0 Å². The highest BCUT2D eigenvalue weighted by molar-refractivity contribution is 6.30. The zero-order valence-electron chi connectivity index (χ0n) is 15.2. The van der Waals surface area contributed by atoms with Gasteiger partial charge in [0.15, 0.2) is 0 Å². The molecule has 142 valence electrons. The van der Waals surface area contributed by atoms with Crippen LogP contribution in [0, 0.1) is 0 Å². The molecule has 0 saturated carbocycles. The van der Waals surface area contributed by atoms with Gasteiger partial charge in [-0.2, -0.15) is 0 Å². The number of halogens is 2. The van der Waals surface area contributed by atoms with E-state index < -0.39 is 0 Å². The molecule has 0 radical (unpaired) electrons. The van der Waals surface area contributed by atoms with Crippen molar-refractivity contribution in [2.24, 2.45) is 0 Å². The summed E-state index contributed by atoms with van der Waals surface area (Å²) >= 11 is 12.0. The Bertz CT molecular complexity index is 786. The molecule has 1 unspecified atom stereocenters. The van der Waals surface area contributed by atoms with E-state index in [9.17, 15) is 0 Å². The smallest absolute Gasteiger partial charge is 0.0945 e. The van der Waals surface area contributed by atoms with Crippen LogP contribution in [0.1, 0.15) is 42.9 Å². The number of rotatable bonds is 10. The number of unbranched alkanes of at least 4 members (excludes halogenated alkanes) is 2. The van der Waals surface area contributed by atoms with Gasteiger partial charge in [-0.3, -0.25) is 0 Å². The molecule has 2 aromatic carbocycles. The van der Waals surface area contributed by atoms with E-state index in [-0.39, 0.29) is 6.10 Å². The highest BCUT2D eigenvalue weighted by Gasteiger charge is 2.12. The van der Waals surface area contributed by atoms with E-state index in [2.05, 4.69) is 21.7 Å². The number of aromatic nitrogens is 2. The minimum Gasteiger partial charge on any atom is -0.369 e. The predicted molar refractivity (Wildman–Crippen MR) is 111 cm³/mol. The Morgan fingerprint density at radius 1 is 0.889 bits per heavy atom. The molecular weight excluding hydrogens is 379 g/mol. The molecule has 3 aromatic rings. The van der Waals surface area contributed by atoms with Crippen molar-refractivity contribution in [3.05, 3.63) is 88.4 Å². The zero-order chi connectivity index (χ0) is 18.9. The molecule has 0 N–H and O–H groups in total. The van der Waals surface area contributed by atoms with Crippen LogP contribution >= 0.6 is 23.2 Å². The van der Waals surface area contributed by atoms with Crippen molar-refractivity contribution < 1.29 is 4.74 Å². The molecule has 0 saturated heterocycles. The van der Waals surface area contributed by atoms with E-state index in [4.69, 9.17) is 27.9 Å². The second kappa shape index (κ2) is 10.5. The Morgan fingerprint density at radius 3 is 2.26 bits per heavy atom. The lowest BCUT2D eigenvalue weighted by atomic mass is 10.0. The van der Waals surface area contributed by atoms with Crippen molar-refractivity contribution in [2.75, 3.05) is 0 Å². The third-order valence-electron chi connectivity index (χ3n) is 4.55. The van der Waals surface area contributed by atoms with Crippen LogP contribution in [0.3, 0.4) is 0 Å². The Balaban J connectivity index is 1.52. The molecule has 0 aliphatic heterocycles. The molecule has 0 aliphatic rings. The Hall–Kier alpha value is -1.81. The van der Waals surface area contributed by atoms with Crippen LogP contribution < -0.4 is 0 Å². The van der Waals surface area contributed by atoms with Crippen LogP contribution in [0.25, 0.3) is 0 Å². The topological polar surface area (TPSA) is 27.1 Å². The SMILES string of the molecule is Clc1ccc(COC(CCCCCn2ccnc2)c2ccc(Cl)cc2)cc1. The standard InChI is InChI=1S/C22H24Cl2N2O/c23-20-9-5-18(6-10-20)16-27-22(19-7-11-21(24)12-8-19)4-2-1-3-14-26-15-13-25-17-26/h5-13,15,17,22H,1-4,14,16H2. The number of ether oxygens (including phenoxy) is 1. The van der Waals surface area contributed by atoms with Gasteiger partial charge < -0.3 is 9.30 Å². The first-order chi connectivity index (χ1) is 13.2. The summed E-state index contributed by atoms with van der Waals surface area (Å²) < 4.78 is 8.36. The molecule has 1 heterocycles. The van der Waals surface area contributed by atoms with Crippen molar-refractivity contribution >= 4 is 23.2 Å².